The van der Waals surface area contributed by atoms with Crippen molar-refractivity contribution in [1.29, 1.82) is 0 Å². The molecule has 1 aliphatic rings. The molecule has 1 aliphatic heterocycles. The third-order valence-electron chi connectivity index (χ3n) is 2.16. The van der Waals surface area contributed by atoms with Crippen molar-refractivity contribution in [1.82, 2.24) is 10.2 Å². The number of likely N-dealkylation sites (tertiary alicyclic amines) is 1. The molecular formula is C9H16N2O2. The topological polar surface area (TPSA) is 49.4 Å². The van der Waals surface area contributed by atoms with Crippen molar-refractivity contribution >= 4 is 11.8 Å². The molecule has 0 spiro atoms. The van der Waals surface area contributed by atoms with Gasteiger partial charge in [-0.15, -0.1) is 0 Å². The van der Waals surface area contributed by atoms with Gasteiger partial charge in [0.15, 0.2) is 0 Å². The summed E-state index contributed by atoms with van der Waals surface area (Å²) in [5, 5.41) is 3.17. The maximum Gasteiger partial charge on any atom is 0.229 e. The van der Waals surface area contributed by atoms with Gasteiger partial charge in [0.25, 0.3) is 0 Å². The average molecular weight is 184 g/mol. The first kappa shape index (κ1) is 10.2. The monoisotopic (exact) mass is 184 g/mol. The van der Waals surface area contributed by atoms with Crippen molar-refractivity contribution in [2.75, 3.05) is 13.1 Å². The average Bonchev–Trinajstić information content (AvgIpc) is 2.36. The second kappa shape index (κ2) is 4.37. The first-order chi connectivity index (χ1) is 6.15. The summed E-state index contributed by atoms with van der Waals surface area (Å²) in [6.07, 6.45) is 0.773. The zero-order chi connectivity index (χ0) is 9.84. The van der Waals surface area contributed by atoms with Crippen LogP contribution in [0.15, 0.2) is 0 Å². The van der Waals surface area contributed by atoms with Crippen LogP contribution in [0.4, 0.5) is 0 Å². The van der Waals surface area contributed by atoms with Gasteiger partial charge in [-0.3, -0.25) is 14.5 Å². The maximum absolute atomic E-state index is 11.2. The number of hydrogen-bond donors (Lipinski definition) is 1. The van der Waals surface area contributed by atoms with Crippen LogP contribution >= 0.6 is 0 Å². The Morgan fingerprint density at radius 3 is 2.38 bits per heavy atom. The van der Waals surface area contributed by atoms with Crippen LogP contribution in [0.3, 0.4) is 0 Å². The summed E-state index contributed by atoms with van der Waals surface area (Å²) in [4.78, 5) is 23.8. The quantitative estimate of drug-likeness (QED) is 0.632. The Kier molecular flexibility index (Phi) is 3.42. The summed E-state index contributed by atoms with van der Waals surface area (Å²) in [5.74, 6) is -0.0653. The van der Waals surface area contributed by atoms with Crippen LogP contribution < -0.4 is 5.32 Å². The van der Waals surface area contributed by atoms with Crippen molar-refractivity contribution in [3.8, 4) is 0 Å². The standard InChI is InChI=1S/C9H16N2O2/c1-3-10-7(2)6-11-8(12)4-5-9(11)13/h7,10H,3-6H2,1-2H3. The van der Waals surface area contributed by atoms with Gasteiger partial charge in [0.05, 0.1) is 0 Å². The van der Waals surface area contributed by atoms with E-state index in [2.05, 4.69) is 5.32 Å². The van der Waals surface area contributed by atoms with Crippen molar-refractivity contribution in [3.05, 3.63) is 0 Å². The van der Waals surface area contributed by atoms with E-state index in [-0.39, 0.29) is 17.9 Å². The number of carbonyl (C=O) groups excluding carboxylic acids is 2. The molecule has 1 atom stereocenters. The molecule has 1 saturated heterocycles. The van der Waals surface area contributed by atoms with E-state index < -0.39 is 0 Å². The molecule has 74 valence electrons. The fraction of sp³-hybridized carbons (Fsp3) is 0.778. The number of nitrogens with zero attached hydrogens (tertiary/aromatic N) is 1. The second-order valence-corrected chi connectivity index (χ2v) is 3.36. The third-order valence-corrected chi connectivity index (χ3v) is 2.16. The molecule has 0 aromatic heterocycles. The van der Waals surface area contributed by atoms with Gasteiger partial charge in [-0.25, -0.2) is 0 Å². The van der Waals surface area contributed by atoms with Crippen molar-refractivity contribution in [2.45, 2.75) is 32.7 Å². The largest absolute Gasteiger partial charge is 0.313 e. The zero-order valence-corrected chi connectivity index (χ0v) is 8.17. The van der Waals surface area contributed by atoms with Crippen LogP contribution in [-0.2, 0) is 9.59 Å². The van der Waals surface area contributed by atoms with E-state index >= 15 is 0 Å². The number of imide groups is 1. The maximum atomic E-state index is 11.2. The van der Waals surface area contributed by atoms with Crippen molar-refractivity contribution < 1.29 is 9.59 Å². The molecule has 4 heteroatoms. The minimum atomic E-state index is -0.0326. The molecular weight excluding hydrogens is 168 g/mol. The summed E-state index contributed by atoms with van der Waals surface area (Å²) in [7, 11) is 0. The highest BCUT2D eigenvalue weighted by Crippen LogP contribution is 2.11. The van der Waals surface area contributed by atoms with Crippen molar-refractivity contribution in [2.24, 2.45) is 0 Å². The summed E-state index contributed by atoms with van der Waals surface area (Å²) >= 11 is 0. The number of likely N-dealkylation sites (N-methyl/N-ethyl adjacent to an activating group) is 1. The molecule has 4 nitrogen and oxygen atoms in total. The van der Waals surface area contributed by atoms with Crippen LogP contribution in [0.25, 0.3) is 0 Å². The fourth-order valence-electron chi connectivity index (χ4n) is 1.51. The van der Waals surface area contributed by atoms with Crippen LogP contribution in [-0.4, -0.2) is 35.8 Å². The van der Waals surface area contributed by atoms with Gasteiger partial charge >= 0.3 is 0 Å². The first-order valence-electron chi connectivity index (χ1n) is 4.71. The van der Waals surface area contributed by atoms with Crippen LogP contribution in [0.1, 0.15) is 26.7 Å². The second-order valence-electron chi connectivity index (χ2n) is 3.36. The SMILES string of the molecule is CCNC(C)CN1C(=O)CCC1=O. The highest BCUT2D eigenvalue weighted by molar-refractivity contribution is 6.01. The molecule has 0 bridgehead atoms. The van der Waals surface area contributed by atoms with E-state index in [1.54, 1.807) is 0 Å². The number of amides is 2. The molecule has 1 fully saturated rings. The molecule has 0 saturated carbocycles. The Hall–Kier alpha value is -0.900. The third kappa shape index (κ3) is 2.52. The minimum absolute atomic E-state index is 0.0326. The zero-order valence-electron chi connectivity index (χ0n) is 8.17. The Morgan fingerprint density at radius 1 is 1.38 bits per heavy atom. The molecule has 1 unspecified atom stereocenters. The van der Waals surface area contributed by atoms with Crippen LogP contribution in [0.2, 0.25) is 0 Å². The Bertz CT molecular complexity index is 200. The molecule has 1 heterocycles. The van der Waals surface area contributed by atoms with Gasteiger partial charge in [0.2, 0.25) is 11.8 Å². The van der Waals surface area contributed by atoms with E-state index in [0.29, 0.717) is 19.4 Å². The number of nitrogens with one attached hydrogen (secondary N) is 1. The molecule has 2 amide bonds. The van der Waals surface area contributed by atoms with E-state index in [4.69, 9.17) is 0 Å². The number of carbonyl (C=O) groups is 2. The minimum Gasteiger partial charge on any atom is -0.313 e. The highest BCUT2D eigenvalue weighted by Gasteiger charge is 2.29. The summed E-state index contributed by atoms with van der Waals surface area (Å²) in [5.41, 5.74) is 0. The van der Waals surface area contributed by atoms with Crippen LogP contribution in [0.5, 0.6) is 0 Å². The van der Waals surface area contributed by atoms with Crippen LogP contribution in [0, 0.1) is 0 Å². The predicted octanol–water partition coefficient (Wildman–Crippen LogP) is 0.133. The van der Waals surface area contributed by atoms with Gasteiger partial charge in [-0.05, 0) is 13.5 Å². The summed E-state index contributed by atoms with van der Waals surface area (Å²) < 4.78 is 0. The number of hydrogen-bond acceptors (Lipinski definition) is 3. The fourth-order valence-corrected chi connectivity index (χ4v) is 1.51. The first-order valence-corrected chi connectivity index (χ1v) is 4.71. The van der Waals surface area contributed by atoms with E-state index in [9.17, 15) is 9.59 Å². The molecule has 0 aliphatic carbocycles. The Balaban J connectivity index is 2.43. The van der Waals surface area contributed by atoms with Gasteiger partial charge in [-0.1, -0.05) is 6.92 Å². The Morgan fingerprint density at radius 2 is 1.92 bits per heavy atom. The van der Waals surface area contributed by atoms with Gasteiger partial charge in [0.1, 0.15) is 0 Å². The lowest BCUT2D eigenvalue weighted by Gasteiger charge is -2.19. The van der Waals surface area contributed by atoms with E-state index in [0.717, 1.165) is 6.54 Å². The highest BCUT2D eigenvalue weighted by atomic mass is 16.2. The van der Waals surface area contributed by atoms with Gasteiger partial charge < -0.3 is 5.32 Å². The smallest absolute Gasteiger partial charge is 0.229 e. The molecule has 13 heavy (non-hydrogen) atoms. The molecule has 0 radical (unpaired) electrons. The summed E-state index contributed by atoms with van der Waals surface area (Å²) in [6, 6.07) is 0.191. The Labute approximate surface area is 78.3 Å². The molecule has 0 aromatic carbocycles. The van der Waals surface area contributed by atoms with E-state index in [1.165, 1.54) is 4.90 Å². The molecule has 1 rings (SSSR count). The lowest BCUT2D eigenvalue weighted by atomic mass is 10.3. The molecule has 1 N–H and O–H groups in total. The molecule has 0 aromatic rings. The normalized spacial score (nSPS) is 19.7. The lowest BCUT2D eigenvalue weighted by molar-refractivity contribution is -0.138. The predicted molar refractivity (Wildman–Crippen MR) is 49.1 cm³/mol. The number of rotatable bonds is 4. The lowest BCUT2D eigenvalue weighted by Crippen LogP contribution is -2.41. The summed E-state index contributed by atoms with van der Waals surface area (Å²) in [6.45, 7) is 5.34. The van der Waals surface area contributed by atoms with Gasteiger partial charge in [-0.2, -0.15) is 0 Å². The van der Waals surface area contributed by atoms with Gasteiger partial charge in [0, 0.05) is 25.4 Å². The van der Waals surface area contributed by atoms with Crippen molar-refractivity contribution in [3.63, 3.8) is 0 Å². The van der Waals surface area contributed by atoms with E-state index in [1.807, 2.05) is 13.8 Å².